The standard InChI is InChI=1S/C36H6.C28H25FN2O2.C27H23FN2O2.CH4.Na.H2O/c1-3-5-7-9-11-13-15-17-19-21-23-25-27-29-31-33-35-36-34-32-30-28-26-24-22-20-18-16-14-12-10-8-6-4-2;1-16(2)27-26(18-6-5-7-19(11-18)28(32)33-4)23-12-20-14-30-15-21(20)13-25(23)31(27)22-8-9-24(29)17(3)10-22;1-15(2)26-25(17-5-4-6-18(10-17)27(31)32)22-11-19-13-29-14-20(19)12-24(22)30(26)21-7-8-23(28)16(3)9-21;;;/h1-2H3;5-13,15-16H,14H2,1-4H3;4-12,14-15H,13H2,1-3H3,(H,31,32);1H4;;1H2/q;;;;+1;/p-1. The first kappa shape index (κ1) is 80.7. The Morgan fingerprint density at radius 1 is 0.452 bits per heavy atom. The molecule has 4 heterocycles. The second-order valence-electron chi connectivity index (χ2n) is 21.9. The number of aliphatic imine (C=N–C) groups is 2. The van der Waals surface area contributed by atoms with E-state index < -0.39 is 5.97 Å². The molecule has 0 atom stereocenters. The number of esters is 1. The minimum Gasteiger partial charge on any atom is -0.870 e. The number of methoxy groups -OCH3 is 1. The number of carboxylic acids is 1. The summed E-state index contributed by atoms with van der Waals surface area (Å²) in [6.07, 6.45) is 3.80. The van der Waals surface area contributed by atoms with Crippen molar-refractivity contribution in [3.8, 4) is 235 Å². The number of carboxylic acid groups (broad SMARTS) is 1. The molecule has 0 unspecified atom stereocenters. The van der Waals surface area contributed by atoms with E-state index in [1.807, 2.05) is 54.9 Å². The Bertz CT molecular complexity index is 5890. The molecule has 8 aromatic rings. The van der Waals surface area contributed by atoms with Crippen LogP contribution in [0.25, 0.3) is 55.4 Å². The average molecular weight is 1360 g/mol. The maximum absolute atomic E-state index is 14.1. The molecule has 0 radical (unpaired) electrons. The fourth-order valence-electron chi connectivity index (χ4n) is 10.4. The molecule has 2 aliphatic heterocycles. The summed E-state index contributed by atoms with van der Waals surface area (Å²) in [7, 11) is 1.39. The van der Waals surface area contributed by atoms with E-state index in [9.17, 15) is 23.5 Å². The Balaban J connectivity index is 0.000000276. The zero-order chi connectivity index (χ0) is 71.9. The third-order valence-corrected chi connectivity index (χ3v) is 14.6. The molecular weight excluding hydrogens is 1300 g/mol. The number of nitrogens with zero attached hydrogens (tertiary/aromatic N) is 4. The van der Waals surface area contributed by atoms with Gasteiger partial charge < -0.3 is 24.5 Å². The van der Waals surface area contributed by atoms with E-state index in [-0.39, 0.29) is 77.5 Å². The van der Waals surface area contributed by atoms with Crippen molar-refractivity contribution in [2.75, 3.05) is 7.11 Å². The van der Waals surface area contributed by atoms with Crippen molar-refractivity contribution in [2.45, 2.75) is 87.7 Å². The Kier molecular flexibility index (Phi) is 32.1. The number of benzene rings is 6. The van der Waals surface area contributed by atoms with Gasteiger partial charge in [0, 0.05) is 152 Å². The van der Waals surface area contributed by atoms with Crippen LogP contribution in [0.15, 0.2) is 119 Å². The van der Waals surface area contributed by atoms with Crippen LogP contribution in [0.1, 0.15) is 126 Å². The second-order valence-corrected chi connectivity index (χ2v) is 21.9. The molecule has 0 amide bonds. The van der Waals surface area contributed by atoms with Crippen LogP contribution in [-0.4, -0.2) is 51.2 Å². The number of fused-ring (bicyclic) bond motifs is 4. The molecule has 0 saturated heterocycles. The molecule has 2 N–H and O–H groups in total. The van der Waals surface area contributed by atoms with Gasteiger partial charge in [-0.2, -0.15) is 0 Å². The first-order valence-electron chi connectivity index (χ1n) is 31.0. The summed E-state index contributed by atoms with van der Waals surface area (Å²) in [5, 5.41) is 11.7. The predicted molar refractivity (Wildman–Crippen MR) is 408 cm³/mol. The van der Waals surface area contributed by atoms with Gasteiger partial charge >= 0.3 is 41.5 Å². The summed E-state index contributed by atoms with van der Waals surface area (Å²) >= 11 is 0. The molecule has 2 aliphatic rings. The van der Waals surface area contributed by atoms with Crippen LogP contribution in [0.3, 0.4) is 0 Å². The van der Waals surface area contributed by atoms with Crippen LogP contribution in [0.2, 0.25) is 0 Å². The minimum absolute atomic E-state index is 0. The van der Waals surface area contributed by atoms with Crippen LogP contribution in [0.5, 0.6) is 0 Å². The zero-order valence-corrected chi connectivity index (χ0v) is 59.8. The Morgan fingerprint density at radius 3 is 1.05 bits per heavy atom. The molecule has 6 aromatic carbocycles. The second kappa shape index (κ2) is 41.4. The number of aryl methyl sites for hydroxylation is 2. The fraction of sp³-hybridized carbons (Fsp3) is 0.152. The van der Waals surface area contributed by atoms with Crippen LogP contribution < -0.4 is 29.6 Å². The largest absolute Gasteiger partial charge is 1.00 e. The van der Waals surface area contributed by atoms with Crippen molar-refractivity contribution < 1.29 is 63.2 Å². The summed E-state index contributed by atoms with van der Waals surface area (Å²) in [6, 6.07) is 33.7. The molecule has 2 aromatic heterocycles. The molecule has 492 valence electrons. The number of aromatic nitrogens is 2. The van der Waals surface area contributed by atoms with Crippen molar-refractivity contribution in [2.24, 2.45) is 9.98 Å². The molecule has 10 rings (SSSR count). The van der Waals surface area contributed by atoms with Crippen molar-refractivity contribution in [3.05, 3.63) is 177 Å². The van der Waals surface area contributed by atoms with Gasteiger partial charge in [-0.15, -0.1) is 0 Å². The molecule has 0 spiro atoms. The first-order chi connectivity index (χ1) is 49.1. The summed E-state index contributed by atoms with van der Waals surface area (Å²) in [5.74, 6) is 84.1. The Morgan fingerprint density at radius 2 is 0.760 bits per heavy atom. The van der Waals surface area contributed by atoms with E-state index >= 15 is 0 Å². The molecule has 0 aliphatic carbocycles. The number of rotatable bonds is 8. The van der Waals surface area contributed by atoms with E-state index in [1.165, 1.54) is 24.8 Å². The van der Waals surface area contributed by atoms with E-state index in [0.717, 1.165) is 83.5 Å². The van der Waals surface area contributed by atoms with E-state index in [1.54, 1.807) is 58.0 Å². The van der Waals surface area contributed by atoms with Crippen molar-refractivity contribution in [1.82, 2.24) is 9.13 Å². The third kappa shape index (κ3) is 21.8. The van der Waals surface area contributed by atoms with Gasteiger partial charge in [-0.3, -0.25) is 9.98 Å². The minimum atomic E-state index is -0.954. The van der Waals surface area contributed by atoms with Crippen molar-refractivity contribution in [3.63, 3.8) is 0 Å². The first-order valence-corrected chi connectivity index (χ1v) is 31.0. The van der Waals surface area contributed by atoms with Crippen LogP contribution in [-0.2, 0) is 17.8 Å². The normalized spacial score (nSPS) is 9.24. The van der Waals surface area contributed by atoms with Crippen LogP contribution in [0, 0.1) is 227 Å². The Labute approximate surface area is 630 Å². The number of hydrogen-bond acceptors (Lipinski definition) is 6. The Hall–Kier alpha value is -14.0. The summed E-state index contributed by atoms with van der Waals surface area (Å²) < 4.78 is 37.6. The number of carbonyl (C=O) groups is 2. The predicted octanol–water partition coefficient (Wildman–Crippen LogP) is 11.6. The van der Waals surface area contributed by atoms with Gasteiger partial charge in [-0.25, -0.2) is 18.4 Å². The van der Waals surface area contributed by atoms with Gasteiger partial charge in [0.1, 0.15) is 11.6 Å². The van der Waals surface area contributed by atoms with Gasteiger partial charge in [0.15, 0.2) is 0 Å². The van der Waals surface area contributed by atoms with Crippen LogP contribution in [0.4, 0.5) is 8.78 Å². The molecule has 0 saturated carbocycles. The van der Waals surface area contributed by atoms with E-state index in [2.05, 4.69) is 272 Å². The van der Waals surface area contributed by atoms with Crippen molar-refractivity contribution >= 4 is 46.2 Å². The van der Waals surface area contributed by atoms with Gasteiger partial charge in [0.25, 0.3) is 0 Å². The fourth-order valence-corrected chi connectivity index (χ4v) is 10.4. The monoisotopic (exact) mass is 1360 g/mol. The van der Waals surface area contributed by atoms with Gasteiger partial charge in [0.2, 0.25) is 0 Å². The average Bonchev–Trinajstić information content (AvgIpc) is 1.58. The maximum Gasteiger partial charge on any atom is 1.00 e. The summed E-state index contributed by atoms with van der Waals surface area (Å²) in [5.41, 5.74) is 16.3. The topological polar surface area (TPSA) is 128 Å². The smallest absolute Gasteiger partial charge is 0.870 e. The molecule has 9 nitrogen and oxygen atoms in total. The molecule has 0 bridgehead atoms. The summed E-state index contributed by atoms with van der Waals surface area (Å²) in [6.45, 7) is 16.8. The van der Waals surface area contributed by atoms with Gasteiger partial charge in [0.05, 0.1) is 42.4 Å². The van der Waals surface area contributed by atoms with Gasteiger partial charge in [-0.05, 0) is 264 Å². The molecule has 0 fully saturated rings. The zero-order valence-electron chi connectivity index (χ0n) is 57.8. The molecule has 104 heavy (non-hydrogen) atoms. The van der Waals surface area contributed by atoms with Gasteiger partial charge in [-0.1, -0.05) is 71.2 Å². The van der Waals surface area contributed by atoms with E-state index in [4.69, 9.17) is 4.74 Å². The third-order valence-electron chi connectivity index (χ3n) is 14.6. The van der Waals surface area contributed by atoms with E-state index in [0.29, 0.717) is 29.8 Å². The SMILES string of the molecule is C.CC#CC#CC#CC#CC#CC#CC#CC#CC#CC#CC#CC#CC#CC#CC#CC#CC#CC.COC(=O)c1cccc(-c2c(C(C)C)n(-c3ccc(F)c(C)c3)c3cc4c(cc23)CN=C4)c1.Cc1cc(-n2c(C(C)C)c(-c3cccc(C(=O)O)c3)c3cc4c(cc32)C=NC4)ccc1F.[Na+].[OH-]. The number of carbonyl (C=O) groups excluding carboxylic acids is 1. The summed E-state index contributed by atoms with van der Waals surface area (Å²) in [4.78, 5) is 32.8. The number of hydrogen-bond donors (Lipinski definition) is 1. The van der Waals surface area contributed by atoms with Crippen LogP contribution >= 0.6 is 0 Å². The molecule has 12 heteroatoms. The molecular formula is C92H59F2N4NaO5. The quantitative estimate of drug-likeness (QED) is 0.0921. The van der Waals surface area contributed by atoms with Crippen molar-refractivity contribution in [1.29, 1.82) is 0 Å². The number of aromatic carboxylic acids is 1. The number of ether oxygens (including phenoxy) is 1. The number of halogens is 2. The maximum atomic E-state index is 14.1.